The molecule has 1 saturated heterocycles. The Kier molecular flexibility index (Phi) is 5.55. The van der Waals surface area contributed by atoms with E-state index in [1.807, 2.05) is 40.6 Å². The number of amides is 1. The number of benzene rings is 1. The van der Waals surface area contributed by atoms with Crippen molar-refractivity contribution >= 4 is 39.2 Å². The zero-order valence-electron chi connectivity index (χ0n) is 16.0. The molecule has 7 heteroatoms. The maximum absolute atomic E-state index is 12.7. The molecule has 0 saturated carbocycles. The predicted molar refractivity (Wildman–Crippen MR) is 116 cm³/mol. The Labute approximate surface area is 172 Å². The number of nitrogens with one attached hydrogen (secondary N) is 1. The number of carbonyl (C=O) groups excluding carboxylic acids is 1. The monoisotopic (exact) mass is 413 g/mol. The molecule has 0 unspecified atom stereocenters. The smallest absolute Gasteiger partial charge is 0.260 e. The highest BCUT2D eigenvalue weighted by Crippen LogP contribution is 2.31. The van der Waals surface area contributed by atoms with Crippen molar-refractivity contribution in [2.75, 3.05) is 18.8 Å². The van der Waals surface area contributed by atoms with E-state index in [-0.39, 0.29) is 11.5 Å². The van der Waals surface area contributed by atoms with Crippen molar-refractivity contribution in [2.45, 2.75) is 25.4 Å². The maximum atomic E-state index is 12.7. The van der Waals surface area contributed by atoms with Crippen molar-refractivity contribution in [1.82, 2.24) is 14.9 Å². The van der Waals surface area contributed by atoms with Gasteiger partial charge in [0.25, 0.3) is 5.56 Å². The number of thioether (sulfide) groups is 1. The summed E-state index contributed by atoms with van der Waals surface area (Å²) < 4.78 is 0. The highest BCUT2D eigenvalue weighted by molar-refractivity contribution is 7.99. The standard InChI is InChI=1S/C21H23N3O2S2/c1-13-8-14(2)10-24(9-13)17(25)12-28-21-22-19(26)18-16(11-27-20(18)23-21)15-6-4-3-5-7-15/h3-7,11,13-14H,8-10,12H2,1-2H3,(H,22,23,26)/t13-,14-/m0/s1. The third kappa shape index (κ3) is 4.00. The van der Waals surface area contributed by atoms with Crippen molar-refractivity contribution in [3.8, 4) is 11.1 Å². The van der Waals surface area contributed by atoms with E-state index in [1.165, 1.54) is 29.5 Å². The summed E-state index contributed by atoms with van der Waals surface area (Å²) in [4.78, 5) is 35.4. The van der Waals surface area contributed by atoms with Crippen LogP contribution in [0.15, 0.2) is 45.7 Å². The van der Waals surface area contributed by atoms with E-state index in [0.717, 1.165) is 24.2 Å². The minimum atomic E-state index is -0.153. The molecule has 2 aromatic heterocycles. The Bertz CT molecular complexity index is 1030. The first kappa shape index (κ1) is 19.2. The predicted octanol–water partition coefficient (Wildman–Crippen LogP) is 4.25. The number of carbonyl (C=O) groups is 1. The minimum Gasteiger partial charge on any atom is -0.341 e. The van der Waals surface area contributed by atoms with Gasteiger partial charge < -0.3 is 9.88 Å². The van der Waals surface area contributed by atoms with Crippen LogP contribution in [0.1, 0.15) is 20.3 Å². The SMILES string of the molecule is C[C@H]1C[C@H](C)CN(C(=O)CSc2nc3scc(-c4ccccc4)c3c(=O)[nH]2)C1. The van der Waals surface area contributed by atoms with Crippen LogP contribution in [0, 0.1) is 11.8 Å². The lowest BCUT2D eigenvalue weighted by atomic mass is 9.92. The molecular weight excluding hydrogens is 390 g/mol. The molecule has 3 heterocycles. The van der Waals surface area contributed by atoms with Crippen LogP contribution in [0.3, 0.4) is 0 Å². The van der Waals surface area contributed by atoms with Gasteiger partial charge in [-0.15, -0.1) is 11.3 Å². The number of thiophene rings is 1. The molecule has 1 N–H and O–H groups in total. The van der Waals surface area contributed by atoms with E-state index in [9.17, 15) is 9.59 Å². The number of H-pyrrole nitrogens is 1. The van der Waals surface area contributed by atoms with Gasteiger partial charge in [0, 0.05) is 24.0 Å². The highest BCUT2D eigenvalue weighted by Gasteiger charge is 2.25. The summed E-state index contributed by atoms with van der Waals surface area (Å²) >= 11 is 2.77. The molecule has 1 amide bonds. The lowest BCUT2D eigenvalue weighted by molar-refractivity contribution is -0.130. The van der Waals surface area contributed by atoms with E-state index in [1.54, 1.807) is 0 Å². The number of aromatic nitrogens is 2. The van der Waals surface area contributed by atoms with Gasteiger partial charge in [-0.05, 0) is 23.8 Å². The Morgan fingerprint density at radius 3 is 2.68 bits per heavy atom. The molecule has 1 aliphatic heterocycles. The first-order chi connectivity index (χ1) is 13.5. The summed E-state index contributed by atoms with van der Waals surface area (Å²) in [6.07, 6.45) is 1.17. The van der Waals surface area contributed by atoms with Crippen molar-refractivity contribution < 1.29 is 4.79 Å². The molecule has 2 atom stereocenters. The van der Waals surface area contributed by atoms with Gasteiger partial charge in [-0.2, -0.15) is 0 Å². The highest BCUT2D eigenvalue weighted by atomic mass is 32.2. The molecule has 1 fully saturated rings. The number of likely N-dealkylation sites (tertiary alicyclic amines) is 1. The molecule has 0 spiro atoms. The molecule has 4 rings (SSSR count). The largest absolute Gasteiger partial charge is 0.341 e. The van der Waals surface area contributed by atoms with Gasteiger partial charge in [0.05, 0.1) is 11.1 Å². The number of nitrogens with zero attached hydrogens (tertiary/aromatic N) is 2. The fourth-order valence-corrected chi connectivity index (χ4v) is 5.68. The number of piperidine rings is 1. The van der Waals surface area contributed by atoms with Crippen molar-refractivity contribution in [2.24, 2.45) is 11.8 Å². The second-order valence-corrected chi connectivity index (χ2v) is 9.42. The summed E-state index contributed by atoms with van der Waals surface area (Å²) in [6, 6.07) is 9.85. The zero-order valence-corrected chi connectivity index (χ0v) is 17.6. The molecule has 28 heavy (non-hydrogen) atoms. The molecule has 0 aliphatic carbocycles. The van der Waals surface area contributed by atoms with Crippen LogP contribution in [0.4, 0.5) is 0 Å². The van der Waals surface area contributed by atoms with Crippen molar-refractivity contribution in [3.63, 3.8) is 0 Å². The molecule has 3 aromatic rings. The van der Waals surface area contributed by atoms with E-state index in [4.69, 9.17) is 0 Å². The van der Waals surface area contributed by atoms with E-state index < -0.39 is 0 Å². The Balaban J connectivity index is 1.51. The van der Waals surface area contributed by atoms with Crippen molar-refractivity contribution in [1.29, 1.82) is 0 Å². The molecule has 5 nitrogen and oxygen atoms in total. The first-order valence-corrected chi connectivity index (χ1v) is 11.4. The maximum Gasteiger partial charge on any atom is 0.260 e. The topological polar surface area (TPSA) is 66.1 Å². The molecular formula is C21H23N3O2S2. The second kappa shape index (κ2) is 8.09. The average molecular weight is 414 g/mol. The summed E-state index contributed by atoms with van der Waals surface area (Å²) in [5, 5.41) is 3.09. The molecule has 0 bridgehead atoms. The van der Waals surface area contributed by atoms with Crippen LogP contribution in [0.2, 0.25) is 0 Å². The normalized spacial score (nSPS) is 19.9. The van der Waals surface area contributed by atoms with Crippen LogP contribution in [-0.4, -0.2) is 39.6 Å². The van der Waals surface area contributed by atoms with Gasteiger partial charge in [0.15, 0.2) is 5.16 Å². The molecule has 1 aliphatic rings. The lowest BCUT2D eigenvalue weighted by Crippen LogP contribution is -2.43. The van der Waals surface area contributed by atoms with Gasteiger partial charge >= 0.3 is 0 Å². The molecule has 146 valence electrons. The van der Waals surface area contributed by atoms with Crippen LogP contribution in [-0.2, 0) is 4.79 Å². The zero-order chi connectivity index (χ0) is 19.7. The Morgan fingerprint density at radius 1 is 1.25 bits per heavy atom. The van der Waals surface area contributed by atoms with Gasteiger partial charge in [-0.1, -0.05) is 55.9 Å². The fraction of sp³-hybridized carbons (Fsp3) is 0.381. The van der Waals surface area contributed by atoms with E-state index in [2.05, 4.69) is 23.8 Å². The Morgan fingerprint density at radius 2 is 1.96 bits per heavy atom. The van der Waals surface area contributed by atoms with Crippen LogP contribution >= 0.6 is 23.1 Å². The molecule has 0 radical (unpaired) electrons. The molecule has 1 aromatic carbocycles. The summed E-state index contributed by atoms with van der Waals surface area (Å²) in [5.41, 5.74) is 1.75. The minimum absolute atomic E-state index is 0.113. The third-order valence-corrected chi connectivity index (χ3v) is 6.79. The van der Waals surface area contributed by atoms with Crippen LogP contribution in [0.25, 0.3) is 21.3 Å². The van der Waals surface area contributed by atoms with E-state index in [0.29, 0.717) is 33.0 Å². The second-order valence-electron chi connectivity index (χ2n) is 7.60. The van der Waals surface area contributed by atoms with Gasteiger partial charge in [-0.3, -0.25) is 9.59 Å². The summed E-state index contributed by atoms with van der Waals surface area (Å²) in [5.74, 6) is 1.48. The lowest BCUT2D eigenvalue weighted by Gasteiger charge is -2.34. The fourth-order valence-electron chi connectivity index (χ4n) is 3.92. The van der Waals surface area contributed by atoms with Crippen LogP contribution < -0.4 is 5.56 Å². The summed E-state index contributed by atoms with van der Waals surface area (Å²) in [7, 11) is 0. The first-order valence-electron chi connectivity index (χ1n) is 9.48. The number of hydrogen-bond donors (Lipinski definition) is 1. The third-order valence-electron chi connectivity index (χ3n) is 5.06. The average Bonchev–Trinajstić information content (AvgIpc) is 3.10. The van der Waals surface area contributed by atoms with Crippen molar-refractivity contribution in [3.05, 3.63) is 46.1 Å². The Hall–Kier alpha value is -2.12. The van der Waals surface area contributed by atoms with Gasteiger partial charge in [0.2, 0.25) is 5.91 Å². The number of aromatic amines is 1. The number of fused-ring (bicyclic) bond motifs is 1. The quantitative estimate of drug-likeness (QED) is 0.513. The van der Waals surface area contributed by atoms with Gasteiger partial charge in [0.1, 0.15) is 4.83 Å². The number of rotatable bonds is 4. The number of hydrogen-bond acceptors (Lipinski definition) is 5. The summed E-state index contributed by atoms with van der Waals surface area (Å²) in [6.45, 7) is 6.02. The van der Waals surface area contributed by atoms with Crippen LogP contribution in [0.5, 0.6) is 0 Å². The van der Waals surface area contributed by atoms with E-state index >= 15 is 0 Å². The van der Waals surface area contributed by atoms with Gasteiger partial charge in [-0.25, -0.2) is 4.98 Å².